The fourth-order valence-electron chi connectivity index (χ4n) is 1.90. The molecule has 0 atom stereocenters. The number of nitriles is 1. The van der Waals surface area contributed by atoms with Crippen LogP contribution in [-0.4, -0.2) is 5.78 Å². The molecule has 0 radical (unpaired) electrons. The van der Waals surface area contributed by atoms with Crippen molar-refractivity contribution in [2.45, 2.75) is 12.8 Å². The van der Waals surface area contributed by atoms with E-state index in [0.717, 1.165) is 11.1 Å². The van der Waals surface area contributed by atoms with Crippen LogP contribution in [-0.2, 0) is 17.6 Å². The summed E-state index contributed by atoms with van der Waals surface area (Å²) in [5, 5.41) is 8.71. The van der Waals surface area contributed by atoms with Crippen LogP contribution in [0, 0.1) is 17.9 Å². The van der Waals surface area contributed by atoms with E-state index in [9.17, 15) is 4.79 Å². The third-order valence-corrected chi connectivity index (χ3v) is 2.95. The van der Waals surface area contributed by atoms with Gasteiger partial charge in [0, 0.05) is 12.8 Å². The summed E-state index contributed by atoms with van der Waals surface area (Å²) in [5.74, 6) is 0.116. The van der Waals surface area contributed by atoms with Crippen molar-refractivity contribution in [1.29, 1.82) is 5.26 Å². The number of carbonyl (C=O) groups excluding carboxylic acids is 1. The van der Waals surface area contributed by atoms with Gasteiger partial charge in [-0.2, -0.15) is 5.26 Å². The molecule has 0 saturated heterocycles. The Morgan fingerprint density at radius 2 is 1.50 bits per heavy atom. The van der Waals surface area contributed by atoms with Gasteiger partial charge in [-0.3, -0.25) is 4.79 Å². The minimum atomic E-state index is 0.116. The average molecular weight is 260 g/mol. The van der Waals surface area contributed by atoms with E-state index in [-0.39, 0.29) is 5.78 Å². The van der Waals surface area contributed by atoms with Gasteiger partial charge in [-0.05, 0) is 23.3 Å². The number of hydrogen-bond donors (Lipinski definition) is 0. The molecule has 2 rings (SSSR count). The topological polar surface area (TPSA) is 45.2 Å². The van der Waals surface area contributed by atoms with E-state index in [1.54, 1.807) is 36.4 Å². The highest BCUT2D eigenvalue weighted by molar-refractivity contribution is 5.83. The number of carbonyl (C=O) groups is 1. The van der Waals surface area contributed by atoms with Gasteiger partial charge in [0.1, 0.15) is 5.78 Å². The number of nitrogens with zero attached hydrogens (tertiary/aromatic N) is 2. The molecular weight excluding hydrogens is 248 g/mol. The lowest BCUT2D eigenvalue weighted by atomic mass is 10.0. The summed E-state index contributed by atoms with van der Waals surface area (Å²) in [6.45, 7) is 6.87. The van der Waals surface area contributed by atoms with Crippen LogP contribution < -0.4 is 0 Å². The van der Waals surface area contributed by atoms with Crippen LogP contribution in [0.1, 0.15) is 16.7 Å². The van der Waals surface area contributed by atoms with Crippen LogP contribution in [0.2, 0.25) is 0 Å². The molecule has 0 amide bonds. The van der Waals surface area contributed by atoms with Gasteiger partial charge in [-0.1, -0.05) is 36.4 Å². The Kier molecular flexibility index (Phi) is 4.27. The van der Waals surface area contributed by atoms with Gasteiger partial charge in [0.15, 0.2) is 5.69 Å². The zero-order chi connectivity index (χ0) is 14.4. The van der Waals surface area contributed by atoms with Crippen LogP contribution >= 0.6 is 0 Å². The van der Waals surface area contributed by atoms with Crippen molar-refractivity contribution in [3.8, 4) is 6.07 Å². The van der Waals surface area contributed by atoms with Crippen LogP contribution in [0.15, 0.2) is 48.5 Å². The van der Waals surface area contributed by atoms with E-state index in [2.05, 4.69) is 4.85 Å². The maximum Gasteiger partial charge on any atom is 0.187 e. The van der Waals surface area contributed by atoms with Crippen molar-refractivity contribution < 1.29 is 4.79 Å². The first-order valence-corrected chi connectivity index (χ1v) is 6.18. The minimum Gasteiger partial charge on any atom is -0.299 e. The van der Waals surface area contributed by atoms with E-state index in [0.29, 0.717) is 24.1 Å². The van der Waals surface area contributed by atoms with Gasteiger partial charge >= 0.3 is 0 Å². The Balaban J connectivity index is 1.97. The monoisotopic (exact) mass is 260 g/mol. The van der Waals surface area contributed by atoms with Crippen LogP contribution in [0.25, 0.3) is 4.85 Å². The number of hydrogen-bond acceptors (Lipinski definition) is 2. The molecule has 0 saturated carbocycles. The van der Waals surface area contributed by atoms with Crippen molar-refractivity contribution in [1.82, 2.24) is 0 Å². The highest BCUT2D eigenvalue weighted by atomic mass is 16.1. The van der Waals surface area contributed by atoms with Gasteiger partial charge in [0.25, 0.3) is 0 Å². The summed E-state index contributed by atoms with van der Waals surface area (Å²) < 4.78 is 0. The summed E-state index contributed by atoms with van der Waals surface area (Å²) >= 11 is 0. The minimum absolute atomic E-state index is 0.116. The maximum absolute atomic E-state index is 12.0. The molecule has 0 aliphatic rings. The Morgan fingerprint density at radius 3 is 1.95 bits per heavy atom. The summed E-state index contributed by atoms with van der Waals surface area (Å²) in [7, 11) is 0. The lowest BCUT2D eigenvalue weighted by Crippen LogP contribution is -2.06. The quantitative estimate of drug-likeness (QED) is 0.790. The molecule has 0 unspecified atom stereocenters. The van der Waals surface area contributed by atoms with Crippen molar-refractivity contribution in [2.75, 3.05) is 0 Å². The maximum atomic E-state index is 12.0. The van der Waals surface area contributed by atoms with Gasteiger partial charge in [-0.15, -0.1) is 0 Å². The molecule has 2 aromatic carbocycles. The smallest absolute Gasteiger partial charge is 0.187 e. The Labute approximate surface area is 117 Å². The number of Topliss-reactive ketones (excluding diaryl/α,β-unsaturated/α-hetero) is 1. The molecule has 2 aromatic rings. The highest BCUT2D eigenvalue weighted by Crippen LogP contribution is 2.14. The molecule has 0 heterocycles. The third kappa shape index (κ3) is 3.54. The molecule has 96 valence electrons. The molecule has 0 bridgehead atoms. The molecule has 0 aliphatic heterocycles. The molecule has 0 aromatic heterocycles. The third-order valence-electron chi connectivity index (χ3n) is 2.95. The van der Waals surface area contributed by atoms with Crippen molar-refractivity contribution >= 4 is 11.5 Å². The van der Waals surface area contributed by atoms with Crippen LogP contribution in [0.4, 0.5) is 5.69 Å². The number of rotatable bonds is 4. The summed E-state index contributed by atoms with van der Waals surface area (Å²) in [6, 6.07) is 16.1. The zero-order valence-corrected chi connectivity index (χ0v) is 10.8. The largest absolute Gasteiger partial charge is 0.299 e. The first-order chi connectivity index (χ1) is 9.71. The van der Waals surface area contributed by atoms with E-state index < -0.39 is 0 Å². The van der Waals surface area contributed by atoms with E-state index in [1.807, 2.05) is 18.2 Å². The fraction of sp³-hybridized carbons (Fsp3) is 0.118. The molecule has 0 aliphatic carbocycles. The van der Waals surface area contributed by atoms with Crippen LogP contribution in [0.3, 0.4) is 0 Å². The van der Waals surface area contributed by atoms with E-state index in [4.69, 9.17) is 11.8 Å². The lowest BCUT2D eigenvalue weighted by molar-refractivity contribution is -0.117. The second-order valence-electron chi connectivity index (χ2n) is 4.48. The van der Waals surface area contributed by atoms with Crippen molar-refractivity contribution in [3.63, 3.8) is 0 Å². The zero-order valence-electron chi connectivity index (χ0n) is 10.8. The summed E-state index contributed by atoms with van der Waals surface area (Å²) in [4.78, 5) is 15.3. The predicted octanol–water partition coefficient (Wildman–Crippen LogP) is 3.46. The van der Waals surface area contributed by atoms with Gasteiger partial charge < -0.3 is 0 Å². The van der Waals surface area contributed by atoms with E-state index >= 15 is 0 Å². The normalized spacial score (nSPS) is 9.50. The number of ketones is 1. The second kappa shape index (κ2) is 6.31. The average Bonchev–Trinajstić information content (AvgIpc) is 2.49. The van der Waals surface area contributed by atoms with Crippen molar-refractivity contribution in [3.05, 3.63) is 76.6 Å². The molecule has 0 fully saturated rings. The molecular formula is C17H12N2O. The summed E-state index contributed by atoms with van der Waals surface area (Å²) in [6.07, 6.45) is 0.717. The highest BCUT2D eigenvalue weighted by Gasteiger charge is 2.05. The first-order valence-electron chi connectivity index (χ1n) is 6.18. The second-order valence-corrected chi connectivity index (χ2v) is 4.48. The summed E-state index contributed by atoms with van der Waals surface area (Å²) in [5.41, 5.74) is 2.99. The van der Waals surface area contributed by atoms with Crippen molar-refractivity contribution in [2.24, 2.45) is 0 Å². The predicted molar refractivity (Wildman–Crippen MR) is 76.3 cm³/mol. The molecule has 0 N–H and O–H groups in total. The van der Waals surface area contributed by atoms with Gasteiger partial charge in [0.05, 0.1) is 18.2 Å². The standard InChI is InChI=1S/C17H12N2O/c1-19-16-8-6-14(7-9-16)11-17(20)10-13-2-4-15(12-18)5-3-13/h2-9H,10-11H2. The first kappa shape index (κ1) is 13.5. The Hall–Kier alpha value is -2.91. The molecule has 20 heavy (non-hydrogen) atoms. The van der Waals surface area contributed by atoms with Crippen LogP contribution in [0.5, 0.6) is 0 Å². The van der Waals surface area contributed by atoms with Gasteiger partial charge in [0.2, 0.25) is 0 Å². The Bertz CT molecular complexity index is 624. The SMILES string of the molecule is [C-]#[N+]c1ccc(CC(=O)Cc2ccc(C#N)cc2)cc1. The van der Waals surface area contributed by atoms with E-state index in [1.165, 1.54) is 0 Å². The molecule has 0 spiro atoms. The van der Waals surface area contributed by atoms with Gasteiger partial charge in [-0.25, -0.2) is 4.85 Å². The fourth-order valence-corrected chi connectivity index (χ4v) is 1.90. The lowest BCUT2D eigenvalue weighted by Gasteiger charge is -2.02. The Morgan fingerprint density at radius 1 is 1.00 bits per heavy atom. The molecule has 3 nitrogen and oxygen atoms in total. The number of benzene rings is 2. The molecule has 3 heteroatoms.